The second-order valence-corrected chi connectivity index (χ2v) is 5.23. The van der Waals surface area contributed by atoms with Gasteiger partial charge in [-0.05, 0) is 46.6 Å². The number of non-ortho nitro benzene ring substituents is 1. The Balaban J connectivity index is 2.41. The minimum Gasteiger partial charge on any atom is -0.355 e. The maximum atomic E-state index is 13.6. The number of rotatable bonds is 4. The highest BCUT2D eigenvalue weighted by Gasteiger charge is 2.11. The van der Waals surface area contributed by atoms with E-state index in [-0.39, 0.29) is 5.69 Å². The summed E-state index contributed by atoms with van der Waals surface area (Å²) in [5, 5.41) is 13.8. The van der Waals surface area contributed by atoms with Crippen LogP contribution in [0.2, 0.25) is 0 Å². The highest BCUT2D eigenvalue weighted by molar-refractivity contribution is 9.10. The number of anilines is 3. The van der Waals surface area contributed by atoms with Crippen molar-refractivity contribution in [3.8, 4) is 0 Å². The first-order valence-electron chi connectivity index (χ1n) is 5.89. The Kier molecular flexibility index (Phi) is 4.39. The van der Waals surface area contributed by atoms with Crippen molar-refractivity contribution in [2.75, 3.05) is 10.7 Å². The number of hydrogen-bond acceptors (Lipinski definition) is 5. The highest BCUT2D eigenvalue weighted by atomic mass is 79.9. The summed E-state index contributed by atoms with van der Waals surface area (Å²) in [6, 6.07) is 7.18. The summed E-state index contributed by atoms with van der Waals surface area (Å²) in [6.07, 6.45) is 0. The molecule has 0 aliphatic rings. The molecule has 0 bridgehead atoms. The van der Waals surface area contributed by atoms with E-state index in [0.717, 1.165) is 5.56 Å². The molecule has 8 heteroatoms. The zero-order chi connectivity index (χ0) is 15.6. The molecule has 0 unspecified atom stereocenters. The fourth-order valence-corrected chi connectivity index (χ4v) is 2.27. The Labute approximate surface area is 128 Å². The molecule has 2 aromatic carbocycles. The van der Waals surface area contributed by atoms with Gasteiger partial charge in [-0.15, -0.1) is 0 Å². The monoisotopic (exact) mass is 354 g/mol. The summed E-state index contributed by atoms with van der Waals surface area (Å²) in [6.45, 7) is 1.80. The van der Waals surface area contributed by atoms with E-state index in [4.69, 9.17) is 5.84 Å². The van der Waals surface area contributed by atoms with E-state index < -0.39 is 10.7 Å². The molecule has 0 aliphatic carbocycles. The number of nitro groups is 1. The average molecular weight is 355 g/mol. The molecular formula is C13H12BrFN4O2. The van der Waals surface area contributed by atoms with Crippen LogP contribution >= 0.6 is 15.9 Å². The average Bonchev–Trinajstić information content (AvgIpc) is 2.44. The molecule has 0 heterocycles. The number of hydrogen-bond donors (Lipinski definition) is 3. The Hall–Kier alpha value is -2.19. The SMILES string of the molecule is Cc1cc(Br)c(F)cc1Nc1cc(NN)cc([N+](=O)[O-])c1. The van der Waals surface area contributed by atoms with E-state index >= 15 is 0 Å². The maximum absolute atomic E-state index is 13.6. The van der Waals surface area contributed by atoms with Crippen LogP contribution in [0.15, 0.2) is 34.8 Å². The van der Waals surface area contributed by atoms with Crippen LogP contribution in [-0.2, 0) is 0 Å². The molecule has 2 rings (SSSR count). The molecule has 0 radical (unpaired) electrons. The van der Waals surface area contributed by atoms with Gasteiger partial charge in [-0.2, -0.15) is 0 Å². The molecule has 0 saturated heterocycles. The fraction of sp³-hybridized carbons (Fsp3) is 0.0769. The van der Waals surface area contributed by atoms with Crippen molar-refractivity contribution in [2.24, 2.45) is 5.84 Å². The number of nitro benzene ring substituents is 1. The number of nitrogens with two attached hydrogens (primary N) is 1. The number of nitrogens with zero attached hydrogens (tertiary/aromatic N) is 1. The summed E-state index contributed by atoms with van der Waals surface area (Å²) in [7, 11) is 0. The summed E-state index contributed by atoms with van der Waals surface area (Å²) < 4.78 is 13.9. The lowest BCUT2D eigenvalue weighted by molar-refractivity contribution is -0.384. The molecule has 6 nitrogen and oxygen atoms in total. The molecule has 2 aromatic rings. The second kappa shape index (κ2) is 6.06. The van der Waals surface area contributed by atoms with Crippen LogP contribution in [0.5, 0.6) is 0 Å². The molecule has 0 spiro atoms. The van der Waals surface area contributed by atoms with E-state index in [9.17, 15) is 14.5 Å². The summed E-state index contributed by atoms with van der Waals surface area (Å²) in [5.74, 6) is 4.86. The van der Waals surface area contributed by atoms with Gasteiger partial charge in [-0.1, -0.05) is 0 Å². The van der Waals surface area contributed by atoms with Crippen LogP contribution in [0.3, 0.4) is 0 Å². The Morgan fingerprint density at radius 2 is 1.90 bits per heavy atom. The molecule has 0 aliphatic heterocycles. The van der Waals surface area contributed by atoms with Gasteiger partial charge in [0.2, 0.25) is 0 Å². The van der Waals surface area contributed by atoms with Crippen molar-refractivity contribution in [3.05, 3.63) is 56.3 Å². The smallest absolute Gasteiger partial charge is 0.273 e. The highest BCUT2D eigenvalue weighted by Crippen LogP contribution is 2.30. The van der Waals surface area contributed by atoms with E-state index in [2.05, 4.69) is 26.7 Å². The third kappa shape index (κ3) is 3.47. The van der Waals surface area contributed by atoms with Crippen molar-refractivity contribution in [1.29, 1.82) is 0 Å². The van der Waals surface area contributed by atoms with Gasteiger partial charge < -0.3 is 10.7 Å². The normalized spacial score (nSPS) is 10.3. The molecule has 0 amide bonds. The van der Waals surface area contributed by atoms with Crippen LogP contribution in [0, 0.1) is 22.9 Å². The maximum Gasteiger partial charge on any atom is 0.273 e. The summed E-state index contributed by atoms with van der Waals surface area (Å²) in [4.78, 5) is 10.4. The second-order valence-electron chi connectivity index (χ2n) is 4.38. The fourth-order valence-electron chi connectivity index (χ4n) is 1.81. The Morgan fingerprint density at radius 1 is 1.24 bits per heavy atom. The third-order valence-corrected chi connectivity index (χ3v) is 3.45. The minimum absolute atomic E-state index is 0.122. The van der Waals surface area contributed by atoms with E-state index in [1.807, 2.05) is 0 Å². The van der Waals surface area contributed by atoms with Crippen molar-refractivity contribution in [3.63, 3.8) is 0 Å². The standard InChI is InChI=1S/C13H12BrFN4O2/c1-7-2-11(14)12(15)6-13(7)17-8-3-9(18-16)5-10(4-8)19(20)21/h2-6,17-18H,16H2,1H3. The van der Waals surface area contributed by atoms with Gasteiger partial charge in [-0.25, -0.2) is 4.39 Å². The van der Waals surface area contributed by atoms with E-state index in [0.29, 0.717) is 21.5 Å². The zero-order valence-electron chi connectivity index (χ0n) is 11.0. The van der Waals surface area contributed by atoms with Crippen molar-refractivity contribution in [1.82, 2.24) is 0 Å². The van der Waals surface area contributed by atoms with Gasteiger partial charge in [0.05, 0.1) is 15.1 Å². The van der Waals surface area contributed by atoms with Crippen molar-refractivity contribution < 1.29 is 9.31 Å². The van der Waals surface area contributed by atoms with E-state index in [1.54, 1.807) is 19.1 Å². The third-order valence-electron chi connectivity index (χ3n) is 2.84. The summed E-state index contributed by atoms with van der Waals surface area (Å²) in [5.41, 5.74) is 4.35. The first-order chi connectivity index (χ1) is 9.90. The zero-order valence-corrected chi connectivity index (χ0v) is 12.6. The molecule has 0 fully saturated rings. The predicted molar refractivity (Wildman–Crippen MR) is 83.0 cm³/mol. The largest absolute Gasteiger partial charge is 0.355 e. The van der Waals surface area contributed by atoms with Crippen molar-refractivity contribution >= 4 is 38.7 Å². The lowest BCUT2D eigenvalue weighted by Crippen LogP contribution is -2.07. The van der Waals surface area contributed by atoms with Crippen LogP contribution in [0.1, 0.15) is 5.56 Å². The molecule has 0 aromatic heterocycles. The molecule has 0 atom stereocenters. The van der Waals surface area contributed by atoms with Gasteiger partial charge in [0, 0.05) is 23.5 Å². The molecule has 4 N–H and O–H groups in total. The topological polar surface area (TPSA) is 93.2 Å². The number of halogens is 2. The van der Waals surface area contributed by atoms with Crippen molar-refractivity contribution in [2.45, 2.75) is 6.92 Å². The predicted octanol–water partition coefficient (Wildman–Crippen LogP) is 3.83. The first-order valence-corrected chi connectivity index (χ1v) is 6.69. The van der Waals surface area contributed by atoms with Gasteiger partial charge >= 0.3 is 0 Å². The van der Waals surface area contributed by atoms with Crippen LogP contribution in [0.25, 0.3) is 0 Å². The van der Waals surface area contributed by atoms with E-state index in [1.165, 1.54) is 18.2 Å². The number of hydrazine groups is 1. The summed E-state index contributed by atoms with van der Waals surface area (Å²) >= 11 is 3.10. The quantitative estimate of drug-likeness (QED) is 0.440. The number of benzene rings is 2. The van der Waals surface area contributed by atoms with Crippen LogP contribution in [-0.4, -0.2) is 4.92 Å². The number of nitrogens with one attached hydrogen (secondary N) is 2. The molecule has 110 valence electrons. The lowest BCUT2D eigenvalue weighted by atomic mass is 10.1. The lowest BCUT2D eigenvalue weighted by Gasteiger charge is -2.12. The van der Waals surface area contributed by atoms with Crippen LogP contribution < -0.4 is 16.6 Å². The first kappa shape index (κ1) is 15.2. The van der Waals surface area contributed by atoms with Gasteiger partial charge in [-0.3, -0.25) is 16.0 Å². The van der Waals surface area contributed by atoms with Crippen LogP contribution in [0.4, 0.5) is 27.1 Å². The minimum atomic E-state index is -0.527. The molecule has 21 heavy (non-hydrogen) atoms. The van der Waals surface area contributed by atoms with Gasteiger partial charge in [0.25, 0.3) is 5.69 Å². The van der Waals surface area contributed by atoms with Gasteiger partial charge in [0.15, 0.2) is 0 Å². The molecular weight excluding hydrogens is 343 g/mol. The van der Waals surface area contributed by atoms with Gasteiger partial charge in [0.1, 0.15) is 5.82 Å². The molecule has 0 saturated carbocycles. The Bertz CT molecular complexity index is 709. The number of aryl methyl sites for hydroxylation is 1. The number of nitrogen functional groups attached to an aromatic ring is 1. The Morgan fingerprint density at radius 3 is 2.52 bits per heavy atom.